The van der Waals surface area contributed by atoms with Gasteiger partial charge in [-0.2, -0.15) is 0 Å². The smallest absolute Gasteiger partial charge is 0.191 e. The van der Waals surface area contributed by atoms with Gasteiger partial charge in [-0.05, 0) is 54.5 Å². The maximum Gasteiger partial charge on any atom is 0.191 e. The second-order valence-corrected chi connectivity index (χ2v) is 8.40. The highest BCUT2D eigenvalue weighted by atomic mass is 16.5. The molecule has 0 atom stereocenters. The van der Waals surface area contributed by atoms with Crippen molar-refractivity contribution in [3.05, 3.63) is 66.4 Å². The third kappa shape index (κ3) is 5.07. The summed E-state index contributed by atoms with van der Waals surface area (Å²) in [5.74, 6) is 1.73. The van der Waals surface area contributed by atoms with Gasteiger partial charge in [-0.15, -0.1) is 0 Å². The summed E-state index contributed by atoms with van der Waals surface area (Å²) in [6, 6.07) is 19.1. The number of ether oxygens (including phenoxy) is 2. The van der Waals surface area contributed by atoms with Crippen molar-refractivity contribution in [2.24, 2.45) is 4.99 Å². The van der Waals surface area contributed by atoms with E-state index in [-0.39, 0.29) is 5.41 Å². The molecule has 32 heavy (non-hydrogen) atoms. The SMILES string of the molecule is CN=C(NCCCn1ccc2ccccc21)NCC1(c2ccc(OC)cc2)CCOCC1. The van der Waals surface area contributed by atoms with Gasteiger partial charge in [-0.3, -0.25) is 4.99 Å². The Balaban J connectivity index is 1.31. The van der Waals surface area contributed by atoms with Gasteiger partial charge in [-0.1, -0.05) is 30.3 Å². The number of methoxy groups -OCH3 is 1. The van der Waals surface area contributed by atoms with Crippen LogP contribution >= 0.6 is 0 Å². The maximum absolute atomic E-state index is 5.67. The molecule has 1 saturated heterocycles. The van der Waals surface area contributed by atoms with Crippen LogP contribution in [0.4, 0.5) is 0 Å². The van der Waals surface area contributed by atoms with Crippen LogP contribution in [-0.4, -0.2) is 51.0 Å². The van der Waals surface area contributed by atoms with Crippen LogP contribution in [0.25, 0.3) is 10.9 Å². The van der Waals surface area contributed by atoms with Crippen LogP contribution in [0, 0.1) is 0 Å². The fourth-order valence-corrected chi connectivity index (χ4v) is 4.54. The lowest BCUT2D eigenvalue weighted by atomic mass is 9.74. The summed E-state index contributed by atoms with van der Waals surface area (Å²) in [5, 5.41) is 8.35. The van der Waals surface area contributed by atoms with E-state index in [4.69, 9.17) is 9.47 Å². The van der Waals surface area contributed by atoms with E-state index >= 15 is 0 Å². The summed E-state index contributed by atoms with van der Waals surface area (Å²) in [6.07, 6.45) is 5.17. The van der Waals surface area contributed by atoms with Crippen LogP contribution in [0.1, 0.15) is 24.8 Å². The van der Waals surface area contributed by atoms with E-state index in [2.05, 4.69) is 68.9 Å². The Morgan fingerprint density at radius 1 is 1.06 bits per heavy atom. The van der Waals surface area contributed by atoms with E-state index in [0.29, 0.717) is 0 Å². The molecule has 0 saturated carbocycles. The number of nitrogens with zero attached hydrogens (tertiary/aromatic N) is 2. The molecule has 0 radical (unpaired) electrons. The van der Waals surface area contributed by atoms with Crippen molar-refractivity contribution in [1.82, 2.24) is 15.2 Å². The predicted octanol–water partition coefficient (Wildman–Crippen LogP) is 3.95. The highest BCUT2D eigenvalue weighted by Gasteiger charge is 2.34. The number of rotatable bonds is 8. The Bertz CT molecular complexity index is 1020. The first-order chi connectivity index (χ1) is 15.7. The predicted molar refractivity (Wildman–Crippen MR) is 131 cm³/mol. The molecule has 4 rings (SSSR count). The monoisotopic (exact) mass is 434 g/mol. The lowest BCUT2D eigenvalue weighted by Gasteiger charge is -2.38. The molecule has 2 aromatic carbocycles. The van der Waals surface area contributed by atoms with Crippen molar-refractivity contribution in [3.8, 4) is 5.75 Å². The fourth-order valence-electron chi connectivity index (χ4n) is 4.54. The Morgan fingerprint density at radius 3 is 2.59 bits per heavy atom. The lowest BCUT2D eigenvalue weighted by Crippen LogP contribution is -2.48. The average molecular weight is 435 g/mol. The molecule has 6 nitrogen and oxygen atoms in total. The number of aromatic nitrogens is 1. The highest BCUT2D eigenvalue weighted by molar-refractivity contribution is 5.80. The van der Waals surface area contributed by atoms with Crippen LogP contribution in [0.2, 0.25) is 0 Å². The molecule has 2 heterocycles. The molecule has 1 aromatic heterocycles. The van der Waals surface area contributed by atoms with Crippen molar-refractivity contribution >= 4 is 16.9 Å². The Morgan fingerprint density at radius 2 is 1.84 bits per heavy atom. The van der Waals surface area contributed by atoms with Gasteiger partial charge in [0, 0.05) is 57.0 Å². The fraction of sp³-hybridized carbons (Fsp3) is 0.423. The molecule has 1 aliphatic heterocycles. The van der Waals surface area contributed by atoms with Gasteiger partial charge in [0.15, 0.2) is 5.96 Å². The zero-order valence-corrected chi connectivity index (χ0v) is 19.1. The van der Waals surface area contributed by atoms with Crippen molar-refractivity contribution in [2.45, 2.75) is 31.2 Å². The standard InChI is InChI=1S/C26H34N4O2/c1-27-25(28-15-5-16-30-17-12-21-6-3-4-7-24(21)30)29-20-26(13-18-32-19-14-26)22-8-10-23(31-2)11-9-22/h3-4,6-12,17H,5,13-16,18-20H2,1-2H3,(H2,27,28,29). The largest absolute Gasteiger partial charge is 0.497 e. The number of aliphatic imine (C=N–C) groups is 1. The summed E-state index contributed by atoms with van der Waals surface area (Å²) >= 11 is 0. The van der Waals surface area contributed by atoms with Gasteiger partial charge in [0.05, 0.1) is 7.11 Å². The number of benzene rings is 2. The summed E-state index contributed by atoms with van der Waals surface area (Å²) in [5.41, 5.74) is 2.65. The molecule has 0 amide bonds. The van der Waals surface area contributed by atoms with Crippen LogP contribution in [0.3, 0.4) is 0 Å². The van der Waals surface area contributed by atoms with Gasteiger partial charge < -0.3 is 24.7 Å². The van der Waals surface area contributed by atoms with E-state index in [0.717, 1.165) is 63.8 Å². The van der Waals surface area contributed by atoms with Gasteiger partial charge in [0.2, 0.25) is 0 Å². The van der Waals surface area contributed by atoms with Gasteiger partial charge in [-0.25, -0.2) is 0 Å². The second kappa shape index (κ2) is 10.6. The van der Waals surface area contributed by atoms with Crippen LogP contribution in [0.15, 0.2) is 65.8 Å². The number of fused-ring (bicyclic) bond motifs is 1. The Hall–Kier alpha value is -2.99. The zero-order valence-electron chi connectivity index (χ0n) is 19.1. The Labute approximate surface area is 190 Å². The molecule has 6 heteroatoms. The van der Waals surface area contributed by atoms with Crippen LogP contribution < -0.4 is 15.4 Å². The number of para-hydroxylation sites is 1. The van der Waals surface area contributed by atoms with E-state index < -0.39 is 0 Å². The molecule has 3 aromatic rings. The summed E-state index contributed by atoms with van der Waals surface area (Å²) in [4.78, 5) is 4.45. The molecule has 2 N–H and O–H groups in total. The van der Waals surface area contributed by atoms with Crippen LogP contribution in [0.5, 0.6) is 5.75 Å². The molecule has 0 unspecified atom stereocenters. The first-order valence-electron chi connectivity index (χ1n) is 11.4. The van der Waals surface area contributed by atoms with Crippen molar-refractivity contribution < 1.29 is 9.47 Å². The zero-order chi connectivity index (χ0) is 22.2. The number of hydrogen-bond acceptors (Lipinski definition) is 3. The first-order valence-corrected chi connectivity index (χ1v) is 11.4. The Kier molecular flexibility index (Phi) is 7.32. The van der Waals surface area contributed by atoms with E-state index in [9.17, 15) is 0 Å². The van der Waals surface area contributed by atoms with Crippen molar-refractivity contribution in [2.75, 3.05) is 40.5 Å². The average Bonchev–Trinajstić information content (AvgIpc) is 3.27. The molecule has 0 aliphatic carbocycles. The van der Waals surface area contributed by atoms with E-state index in [1.54, 1.807) is 7.11 Å². The normalized spacial score (nSPS) is 16.1. The summed E-state index contributed by atoms with van der Waals surface area (Å²) in [6.45, 7) is 4.23. The molecular weight excluding hydrogens is 400 g/mol. The third-order valence-corrected chi connectivity index (χ3v) is 6.52. The third-order valence-electron chi connectivity index (χ3n) is 6.52. The summed E-state index contributed by atoms with van der Waals surface area (Å²) < 4.78 is 13.3. The maximum atomic E-state index is 5.67. The molecule has 1 fully saturated rings. The number of nitrogens with one attached hydrogen (secondary N) is 2. The second-order valence-electron chi connectivity index (χ2n) is 8.40. The van der Waals surface area contributed by atoms with E-state index in [1.165, 1.54) is 16.5 Å². The minimum atomic E-state index is 0.0339. The summed E-state index contributed by atoms with van der Waals surface area (Å²) in [7, 11) is 3.54. The van der Waals surface area contributed by atoms with Gasteiger partial charge in [0.25, 0.3) is 0 Å². The highest BCUT2D eigenvalue weighted by Crippen LogP contribution is 2.35. The quantitative estimate of drug-likeness (QED) is 0.320. The lowest BCUT2D eigenvalue weighted by molar-refractivity contribution is 0.0513. The first kappa shape index (κ1) is 22.2. The van der Waals surface area contributed by atoms with Gasteiger partial charge in [0.1, 0.15) is 5.75 Å². The van der Waals surface area contributed by atoms with Crippen LogP contribution in [-0.2, 0) is 16.7 Å². The minimum Gasteiger partial charge on any atom is -0.497 e. The molecule has 1 aliphatic rings. The minimum absolute atomic E-state index is 0.0339. The van der Waals surface area contributed by atoms with Gasteiger partial charge >= 0.3 is 0 Å². The number of aryl methyl sites for hydroxylation is 1. The molecular formula is C26H34N4O2. The molecule has 170 valence electrons. The molecule has 0 spiro atoms. The van der Waals surface area contributed by atoms with E-state index in [1.807, 2.05) is 19.2 Å². The van der Waals surface area contributed by atoms with Crippen molar-refractivity contribution in [1.29, 1.82) is 0 Å². The molecule has 0 bridgehead atoms. The topological polar surface area (TPSA) is 59.8 Å². The number of hydrogen-bond donors (Lipinski definition) is 2. The van der Waals surface area contributed by atoms with Crippen molar-refractivity contribution in [3.63, 3.8) is 0 Å². The number of guanidine groups is 1.